The molecule has 222 valence electrons. The lowest BCUT2D eigenvalue weighted by Crippen LogP contribution is -2.18. The summed E-state index contributed by atoms with van der Waals surface area (Å²) < 4.78 is 21.7. The summed E-state index contributed by atoms with van der Waals surface area (Å²) in [4.78, 5) is 37.8. The fourth-order valence-electron chi connectivity index (χ4n) is 4.05. The lowest BCUT2D eigenvalue weighted by molar-refractivity contribution is -0.129. The predicted octanol–water partition coefficient (Wildman–Crippen LogP) is 6.10. The van der Waals surface area contributed by atoms with E-state index in [1.807, 2.05) is 0 Å². The second-order valence-electron chi connectivity index (χ2n) is 9.25. The molecule has 5 rings (SSSR count). The van der Waals surface area contributed by atoms with Crippen LogP contribution in [0.25, 0.3) is 6.08 Å². The summed E-state index contributed by atoms with van der Waals surface area (Å²) in [5.74, 6) is 0.214. The number of esters is 1. The second kappa shape index (κ2) is 14.0. The van der Waals surface area contributed by atoms with Crippen LogP contribution >= 0.6 is 11.6 Å². The zero-order valence-corrected chi connectivity index (χ0v) is 24.2. The highest BCUT2D eigenvalue weighted by molar-refractivity contribution is 6.30. The van der Waals surface area contributed by atoms with E-state index in [-0.39, 0.29) is 24.0 Å². The van der Waals surface area contributed by atoms with Gasteiger partial charge in [0.25, 0.3) is 11.8 Å². The van der Waals surface area contributed by atoms with Gasteiger partial charge in [0.1, 0.15) is 0 Å². The Balaban J connectivity index is 1.18. The zero-order chi connectivity index (χ0) is 30.9. The highest BCUT2D eigenvalue weighted by Crippen LogP contribution is 2.33. The zero-order valence-electron chi connectivity index (χ0n) is 23.4. The number of nitrogens with zero attached hydrogens (tertiary/aromatic N) is 1. The number of amides is 2. The first kappa shape index (κ1) is 29.9. The van der Waals surface area contributed by atoms with Gasteiger partial charge in [-0.3, -0.25) is 9.59 Å². The van der Waals surface area contributed by atoms with Gasteiger partial charge in [0.2, 0.25) is 6.79 Å². The molecular formula is C33H26ClN3O7. The normalized spacial score (nSPS) is 11.9. The molecule has 0 atom stereocenters. The number of fused-ring (bicyclic) bond motifs is 1. The Morgan fingerprint density at radius 3 is 2.45 bits per heavy atom. The second-order valence-corrected chi connectivity index (χ2v) is 9.68. The van der Waals surface area contributed by atoms with Crippen molar-refractivity contribution in [1.82, 2.24) is 5.43 Å². The molecule has 0 unspecified atom stereocenters. The van der Waals surface area contributed by atoms with Crippen LogP contribution in [0.1, 0.15) is 38.8 Å². The van der Waals surface area contributed by atoms with Gasteiger partial charge in [-0.15, -0.1) is 0 Å². The van der Waals surface area contributed by atoms with Crippen molar-refractivity contribution in [3.05, 3.63) is 118 Å². The Labute approximate surface area is 257 Å². The fraction of sp³-hybridized carbons (Fsp3) is 0.0909. The molecule has 10 nitrogen and oxygen atoms in total. The number of rotatable bonds is 10. The molecule has 2 amide bonds. The SMILES string of the molecule is CCOc1cc(C=NNC(=O)c2cccc(NC(=O)c3ccc4c(c3)OCO4)c2)ccc1OC(=O)/C=C/c1ccc(Cl)cc1. The van der Waals surface area contributed by atoms with Crippen LogP contribution < -0.4 is 29.7 Å². The molecule has 0 saturated carbocycles. The lowest BCUT2D eigenvalue weighted by atomic mass is 10.1. The van der Waals surface area contributed by atoms with E-state index in [2.05, 4.69) is 15.8 Å². The molecule has 4 aromatic carbocycles. The van der Waals surface area contributed by atoms with Crippen molar-refractivity contribution >= 4 is 47.4 Å². The molecule has 0 fully saturated rings. The molecular weight excluding hydrogens is 586 g/mol. The molecule has 1 aliphatic rings. The van der Waals surface area contributed by atoms with E-state index in [0.717, 1.165) is 5.56 Å². The Kier molecular flexibility index (Phi) is 9.53. The smallest absolute Gasteiger partial charge is 0.336 e. The van der Waals surface area contributed by atoms with Gasteiger partial charge >= 0.3 is 5.97 Å². The van der Waals surface area contributed by atoms with Crippen LogP contribution in [0, 0.1) is 0 Å². The molecule has 0 spiro atoms. The fourth-order valence-corrected chi connectivity index (χ4v) is 4.17. The van der Waals surface area contributed by atoms with E-state index in [9.17, 15) is 14.4 Å². The standard InChI is InChI=1S/C33H26ClN3O7/c1-2-41-29-16-22(8-13-28(29)44-31(38)15-9-21-6-11-25(34)12-7-21)19-35-37-33(40)23-4-3-5-26(17-23)36-32(39)24-10-14-27-30(18-24)43-20-42-27/h3-19H,2,20H2,1H3,(H,36,39)(H,37,40)/b15-9+,35-19?. The Morgan fingerprint density at radius 1 is 0.864 bits per heavy atom. The third kappa shape index (κ3) is 7.81. The summed E-state index contributed by atoms with van der Waals surface area (Å²) in [7, 11) is 0. The van der Waals surface area contributed by atoms with Crippen LogP contribution in [0.15, 0.2) is 96.1 Å². The summed E-state index contributed by atoms with van der Waals surface area (Å²) in [5.41, 5.74) is 4.95. The average Bonchev–Trinajstić information content (AvgIpc) is 3.50. The number of hydrogen-bond acceptors (Lipinski definition) is 8. The minimum absolute atomic E-state index is 0.110. The molecule has 2 N–H and O–H groups in total. The Bertz CT molecular complexity index is 1750. The van der Waals surface area contributed by atoms with Crippen LogP contribution in [0.4, 0.5) is 5.69 Å². The molecule has 0 aliphatic carbocycles. The number of benzene rings is 4. The molecule has 4 aromatic rings. The summed E-state index contributed by atoms with van der Waals surface area (Å²) in [6.45, 7) is 2.25. The van der Waals surface area contributed by atoms with E-state index in [4.69, 9.17) is 30.5 Å². The largest absolute Gasteiger partial charge is 0.490 e. The quantitative estimate of drug-likeness (QED) is 0.0729. The van der Waals surface area contributed by atoms with Gasteiger partial charge in [0, 0.05) is 27.9 Å². The van der Waals surface area contributed by atoms with E-state index < -0.39 is 11.9 Å². The number of halogens is 1. The molecule has 1 heterocycles. The first-order chi connectivity index (χ1) is 21.4. The van der Waals surface area contributed by atoms with Gasteiger partial charge in [-0.25, -0.2) is 10.2 Å². The van der Waals surface area contributed by atoms with Gasteiger partial charge in [-0.1, -0.05) is 29.8 Å². The van der Waals surface area contributed by atoms with Crippen molar-refractivity contribution in [2.75, 3.05) is 18.7 Å². The van der Waals surface area contributed by atoms with Crippen LogP contribution in [-0.4, -0.2) is 37.4 Å². The molecule has 0 aromatic heterocycles. The van der Waals surface area contributed by atoms with E-state index in [1.165, 1.54) is 18.4 Å². The summed E-state index contributed by atoms with van der Waals surface area (Å²) in [5, 5.41) is 7.40. The molecule has 1 aliphatic heterocycles. The molecule has 11 heteroatoms. The van der Waals surface area contributed by atoms with E-state index in [1.54, 1.807) is 91.9 Å². The van der Waals surface area contributed by atoms with Crippen LogP contribution in [0.5, 0.6) is 23.0 Å². The number of nitrogens with one attached hydrogen (secondary N) is 2. The number of hydrogen-bond donors (Lipinski definition) is 2. The van der Waals surface area contributed by atoms with Crippen LogP contribution in [-0.2, 0) is 4.79 Å². The maximum absolute atomic E-state index is 12.7. The van der Waals surface area contributed by atoms with E-state index in [0.29, 0.717) is 45.7 Å². The van der Waals surface area contributed by atoms with E-state index >= 15 is 0 Å². The third-order valence-electron chi connectivity index (χ3n) is 6.16. The maximum Gasteiger partial charge on any atom is 0.336 e. The van der Waals surface area contributed by atoms with Gasteiger partial charge in [0.05, 0.1) is 12.8 Å². The highest BCUT2D eigenvalue weighted by Gasteiger charge is 2.17. The Hall–Kier alpha value is -5.61. The van der Waals surface area contributed by atoms with Crippen molar-refractivity contribution in [2.24, 2.45) is 5.10 Å². The van der Waals surface area contributed by atoms with Crippen LogP contribution in [0.2, 0.25) is 5.02 Å². The van der Waals surface area contributed by atoms with Gasteiger partial charge in [0.15, 0.2) is 23.0 Å². The summed E-state index contributed by atoms with van der Waals surface area (Å²) >= 11 is 5.89. The molecule has 0 saturated heterocycles. The first-order valence-corrected chi connectivity index (χ1v) is 13.8. The molecule has 0 radical (unpaired) electrons. The minimum Gasteiger partial charge on any atom is -0.490 e. The topological polar surface area (TPSA) is 125 Å². The number of anilines is 1. The predicted molar refractivity (Wildman–Crippen MR) is 166 cm³/mol. The van der Waals surface area contributed by atoms with Crippen molar-refractivity contribution in [1.29, 1.82) is 0 Å². The monoisotopic (exact) mass is 611 g/mol. The van der Waals surface area contributed by atoms with Gasteiger partial charge in [-0.05, 0) is 90.9 Å². The van der Waals surface area contributed by atoms with Crippen molar-refractivity contribution in [3.8, 4) is 23.0 Å². The van der Waals surface area contributed by atoms with Gasteiger partial charge in [-0.2, -0.15) is 5.10 Å². The number of hydrazone groups is 1. The molecule has 0 bridgehead atoms. The summed E-state index contributed by atoms with van der Waals surface area (Å²) in [6.07, 6.45) is 4.35. The highest BCUT2D eigenvalue weighted by atomic mass is 35.5. The van der Waals surface area contributed by atoms with Crippen LogP contribution in [0.3, 0.4) is 0 Å². The first-order valence-electron chi connectivity index (χ1n) is 13.4. The summed E-state index contributed by atoms with van der Waals surface area (Å²) in [6, 6.07) is 23.2. The lowest BCUT2D eigenvalue weighted by Gasteiger charge is -2.10. The third-order valence-corrected chi connectivity index (χ3v) is 6.41. The number of carbonyl (C=O) groups is 3. The number of carbonyl (C=O) groups excluding carboxylic acids is 3. The molecule has 44 heavy (non-hydrogen) atoms. The van der Waals surface area contributed by atoms with Crippen molar-refractivity contribution < 1.29 is 33.3 Å². The number of ether oxygens (including phenoxy) is 4. The Morgan fingerprint density at radius 2 is 1.64 bits per heavy atom. The van der Waals surface area contributed by atoms with Crippen molar-refractivity contribution in [2.45, 2.75) is 6.92 Å². The van der Waals surface area contributed by atoms with Crippen molar-refractivity contribution in [3.63, 3.8) is 0 Å². The average molecular weight is 612 g/mol. The minimum atomic E-state index is -0.580. The van der Waals surface area contributed by atoms with Gasteiger partial charge < -0.3 is 24.3 Å². The maximum atomic E-state index is 12.7.